The third kappa shape index (κ3) is 3.77. The van der Waals surface area contributed by atoms with Crippen LogP contribution in [-0.2, 0) is 10.0 Å². The Morgan fingerprint density at radius 3 is 2.70 bits per heavy atom. The van der Waals surface area contributed by atoms with Crippen LogP contribution in [-0.4, -0.2) is 37.4 Å². The highest BCUT2D eigenvalue weighted by atomic mass is 32.2. The van der Waals surface area contributed by atoms with Gasteiger partial charge in [0.1, 0.15) is 22.3 Å². The summed E-state index contributed by atoms with van der Waals surface area (Å²) < 4.78 is 46.1. The summed E-state index contributed by atoms with van der Waals surface area (Å²) in [6, 6.07) is 7.55. The van der Waals surface area contributed by atoms with Gasteiger partial charge < -0.3 is 10.1 Å². The van der Waals surface area contributed by atoms with Crippen molar-refractivity contribution in [3.63, 3.8) is 0 Å². The van der Waals surface area contributed by atoms with Crippen molar-refractivity contribution in [2.75, 3.05) is 25.0 Å². The van der Waals surface area contributed by atoms with Crippen molar-refractivity contribution in [1.82, 2.24) is 9.29 Å². The Kier molecular flexibility index (Phi) is 5.01. The summed E-state index contributed by atoms with van der Waals surface area (Å²) in [5.74, 6) is 0.890. The summed E-state index contributed by atoms with van der Waals surface area (Å²) in [6.45, 7) is 1.65. The van der Waals surface area contributed by atoms with Crippen molar-refractivity contribution in [2.45, 2.75) is 36.6 Å². The summed E-state index contributed by atoms with van der Waals surface area (Å²) in [5, 5.41) is 3.26. The van der Waals surface area contributed by atoms with Crippen LogP contribution in [0.4, 0.5) is 10.2 Å². The van der Waals surface area contributed by atoms with Crippen LogP contribution >= 0.6 is 0 Å². The third-order valence-corrected chi connectivity index (χ3v) is 6.90. The summed E-state index contributed by atoms with van der Waals surface area (Å²) >= 11 is 0. The highest BCUT2D eigenvalue weighted by Crippen LogP contribution is 2.34. The van der Waals surface area contributed by atoms with Crippen LogP contribution in [0, 0.1) is 5.82 Å². The van der Waals surface area contributed by atoms with E-state index < -0.39 is 10.0 Å². The minimum Gasteiger partial charge on any atom is -0.493 e. The predicted octanol–water partition coefficient (Wildman–Crippen LogP) is 3.33. The van der Waals surface area contributed by atoms with Gasteiger partial charge in [0.05, 0.1) is 12.6 Å². The lowest BCUT2D eigenvalue weighted by Crippen LogP contribution is -2.35. The molecule has 2 aliphatic heterocycles. The number of rotatable bonds is 4. The number of hydrogen-bond acceptors (Lipinski definition) is 5. The van der Waals surface area contributed by atoms with Crippen molar-refractivity contribution in [1.29, 1.82) is 0 Å². The molecule has 27 heavy (non-hydrogen) atoms. The monoisotopic (exact) mass is 391 g/mol. The second kappa shape index (κ2) is 7.44. The third-order valence-electron chi connectivity index (χ3n) is 5.02. The fraction of sp³-hybridized carbons (Fsp3) is 0.421. The molecule has 6 nitrogen and oxygen atoms in total. The van der Waals surface area contributed by atoms with E-state index in [1.165, 1.54) is 22.6 Å². The molecule has 1 fully saturated rings. The van der Waals surface area contributed by atoms with Crippen LogP contribution in [0.25, 0.3) is 0 Å². The summed E-state index contributed by atoms with van der Waals surface area (Å²) in [7, 11) is -3.49. The largest absolute Gasteiger partial charge is 0.493 e. The molecule has 2 aliphatic rings. The van der Waals surface area contributed by atoms with Crippen LogP contribution in [0.5, 0.6) is 5.75 Å². The van der Waals surface area contributed by atoms with Gasteiger partial charge in [-0.3, -0.25) is 0 Å². The SMILES string of the molecule is O=S(=O)(c1ccc(NC2CCOc3ccc(F)cc32)nc1)N1CCCCC1. The normalized spacial score (nSPS) is 20.6. The van der Waals surface area contributed by atoms with Gasteiger partial charge in [0.25, 0.3) is 0 Å². The van der Waals surface area contributed by atoms with Crippen LogP contribution in [0.3, 0.4) is 0 Å². The molecule has 1 saturated heterocycles. The molecule has 144 valence electrons. The van der Waals surface area contributed by atoms with Gasteiger partial charge in [-0.15, -0.1) is 0 Å². The van der Waals surface area contributed by atoms with E-state index in [-0.39, 0.29) is 16.8 Å². The van der Waals surface area contributed by atoms with Gasteiger partial charge in [-0.05, 0) is 43.2 Å². The first-order valence-electron chi connectivity index (χ1n) is 9.19. The number of fused-ring (bicyclic) bond motifs is 1. The van der Waals surface area contributed by atoms with Crippen molar-refractivity contribution >= 4 is 15.8 Å². The Morgan fingerprint density at radius 2 is 1.96 bits per heavy atom. The molecule has 2 aromatic rings. The fourth-order valence-electron chi connectivity index (χ4n) is 3.57. The highest BCUT2D eigenvalue weighted by molar-refractivity contribution is 7.89. The molecule has 8 heteroatoms. The Balaban J connectivity index is 1.51. The number of aromatic nitrogens is 1. The second-order valence-corrected chi connectivity index (χ2v) is 8.80. The number of sulfonamides is 1. The number of halogens is 1. The number of benzene rings is 1. The lowest BCUT2D eigenvalue weighted by atomic mass is 10.0. The Bertz CT molecular complexity index is 912. The quantitative estimate of drug-likeness (QED) is 0.866. The molecule has 3 heterocycles. The topological polar surface area (TPSA) is 71.5 Å². The molecule has 1 atom stereocenters. The summed E-state index contributed by atoms with van der Waals surface area (Å²) in [4.78, 5) is 4.48. The van der Waals surface area contributed by atoms with E-state index in [1.807, 2.05) is 0 Å². The number of nitrogens with zero attached hydrogens (tertiary/aromatic N) is 2. The molecular formula is C19H22FN3O3S. The van der Waals surface area contributed by atoms with Crippen molar-refractivity contribution in [3.05, 3.63) is 47.9 Å². The standard InChI is InChI=1S/C19H22FN3O3S/c20-14-4-6-18-16(12-14)17(8-11-26-18)22-19-7-5-15(13-21-19)27(24,25)23-9-2-1-3-10-23/h4-7,12-13,17H,1-3,8-11H2,(H,21,22). The molecule has 0 bridgehead atoms. The van der Waals surface area contributed by atoms with E-state index in [2.05, 4.69) is 10.3 Å². The Hall–Kier alpha value is -2.19. The van der Waals surface area contributed by atoms with E-state index in [0.717, 1.165) is 24.8 Å². The van der Waals surface area contributed by atoms with Crippen molar-refractivity contribution in [2.24, 2.45) is 0 Å². The van der Waals surface area contributed by atoms with E-state index in [0.29, 0.717) is 37.7 Å². The maximum absolute atomic E-state index is 13.6. The number of hydrogen-bond donors (Lipinski definition) is 1. The lowest BCUT2D eigenvalue weighted by Gasteiger charge is -2.27. The maximum atomic E-state index is 13.6. The number of anilines is 1. The molecule has 0 saturated carbocycles. The number of piperidine rings is 1. The first-order chi connectivity index (χ1) is 13.0. The number of nitrogens with one attached hydrogen (secondary N) is 1. The molecule has 0 aliphatic carbocycles. The van der Waals surface area contributed by atoms with Crippen molar-refractivity contribution in [3.8, 4) is 5.75 Å². The number of pyridine rings is 1. The van der Waals surface area contributed by atoms with Gasteiger partial charge in [0.2, 0.25) is 10.0 Å². The lowest BCUT2D eigenvalue weighted by molar-refractivity contribution is 0.273. The Labute approximate surface area is 158 Å². The smallest absolute Gasteiger partial charge is 0.244 e. The second-order valence-electron chi connectivity index (χ2n) is 6.86. The number of ether oxygens (including phenoxy) is 1. The molecule has 1 aromatic carbocycles. The van der Waals surface area contributed by atoms with Gasteiger partial charge in [-0.25, -0.2) is 17.8 Å². The van der Waals surface area contributed by atoms with Gasteiger partial charge >= 0.3 is 0 Å². The first kappa shape index (κ1) is 18.2. The van der Waals surface area contributed by atoms with Crippen LogP contribution < -0.4 is 10.1 Å². The van der Waals surface area contributed by atoms with Crippen LogP contribution in [0.1, 0.15) is 37.3 Å². The molecule has 1 unspecified atom stereocenters. The van der Waals surface area contributed by atoms with E-state index in [4.69, 9.17) is 4.74 Å². The zero-order chi connectivity index (χ0) is 18.9. The zero-order valence-electron chi connectivity index (χ0n) is 14.9. The van der Waals surface area contributed by atoms with Gasteiger partial charge in [0, 0.05) is 31.3 Å². The van der Waals surface area contributed by atoms with E-state index in [9.17, 15) is 12.8 Å². The maximum Gasteiger partial charge on any atom is 0.244 e. The molecule has 1 aromatic heterocycles. The average Bonchev–Trinajstić information content (AvgIpc) is 2.69. The summed E-state index contributed by atoms with van der Waals surface area (Å²) in [6.07, 6.45) is 4.92. The highest BCUT2D eigenvalue weighted by Gasteiger charge is 2.27. The first-order valence-corrected chi connectivity index (χ1v) is 10.6. The zero-order valence-corrected chi connectivity index (χ0v) is 15.7. The predicted molar refractivity (Wildman–Crippen MR) is 99.7 cm³/mol. The minimum absolute atomic E-state index is 0.137. The molecule has 4 rings (SSSR count). The van der Waals surface area contributed by atoms with Gasteiger partial charge in [-0.1, -0.05) is 6.42 Å². The molecule has 0 spiro atoms. The van der Waals surface area contributed by atoms with Crippen LogP contribution in [0.2, 0.25) is 0 Å². The molecule has 0 amide bonds. The minimum atomic E-state index is -3.49. The average molecular weight is 391 g/mol. The Morgan fingerprint density at radius 1 is 1.15 bits per heavy atom. The van der Waals surface area contributed by atoms with Gasteiger partial charge in [-0.2, -0.15) is 4.31 Å². The molecular weight excluding hydrogens is 369 g/mol. The molecule has 1 N–H and O–H groups in total. The van der Waals surface area contributed by atoms with E-state index in [1.54, 1.807) is 18.2 Å². The van der Waals surface area contributed by atoms with Crippen LogP contribution in [0.15, 0.2) is 41.4 Å². The van der Waals surface area contributed by atoms with E-state index >= 15 is 0 Å². The summed E-state index contributed by atoms with van der Waals surface area (Å²) in [5.41, 5.74) is 0.744. The van der Waals surface area contributed by atoms with Crippen molar-refractivity contribution < 1.29 is 17.5 Å². The van der Waals surface area contributed by atoms with Gasteiger partial charge in [0.15, 0.2) is 0 Å². The molecule has 0 radical (unpaired) electrons. The fourth-order valence-corrected chi connectivity index (χ4v) is 5.03.